The molecule has 1 aromatic carbocycles. The van der Waals surface area contributed by atoms with Gasteiger partial charge < -0.3 is 0 Å². The zero-order valence-electron chi connectivity index (χ0n) is 11.9. The van der Waals surface area contributed by atoms with E-state index in [4.69, 9.17) is 11.6 Å². The number of hydrogen-bond donors (Lipinski definition) is 1. The highest BCUT2D eigenvalue weighted by molar-refractivity contribution is 7.98. The maximum atomic E-state index is 5.96. The largest absolute Gasteiger partial charge is 0.278 e. The average molecular weight is 322 g/mol. The van der Waals surface area contributed by atoms with Gasteiger partial charge in [0, 0.05) is 5.02 Å². The van der Waals surface area contributed by atoms with Crippen molar-refractivity contribution in [3.8, 4) is 0 Å². The van der Waals surface area contributed by atoms with Gasteiger partial charge >= 0.3 is 0 Å². The Hall–Kier alpha value is -1.66. The molecule has 2 rings (SSSR count). The van der Waals surface area contributed by atoms with E-state index in [1.165, 1.54) is 11.8 Å². The van der Waals surface area contributed by atoms with Crippen molar-refractivity contribution < 1.29 is 0 Å². The summed E-state index contributed by atoms with van der Waals surface area (Å²) in [7, 11) is 0. The van der Waals surface area contributed by atoms with Gasteiger partial charge in [-0.1, -0.05) is 42.8 Å². The Balaban J connectivity index is 2.23. The third-order valence-electron chi connectivity index (χ3n) is 2.65. The lowest BCUT2D eigenvalue weighted by Gasteiger charge is -2.07. The van der Waals surface area contributed by atoms with E-state index in [0.717, 1.165) is 29.9 Å². The van der Waals surface area contributed by atoms with Gasteiger partial charge in [0.05, 0.1) is 17.6 Å². The molecule has 0 spiro atoms. The molecule has 0 radical (unpaired) electrons. The minimum atomic E-state index is 0.638. The first kappa shape index (κ1) is 15.7. The van der Waals surface area contributed by atoms with Gasteiger partial charge in [-0.2, -0.15) is 10.2 Å². The minimum Gasteiger partial charge on any atom is -0.278 e. The fraction of sp³-hybridized carbons (Fsp3) is 0.286. The summed E-state index contributed by atoms with van der Waals surface area (Å²) in [6.07, 6.45) is 5.32. The molecule has 0 aliphatic heterocycles. The van der Waals surface area contributed by atoms with Crippen LogP contribution in [0.5, 0.6) is 0 Å². The maximum absolute atomic E-state index is 5.96. The monoisotopic (exact) mass is 321 g/mol. The molecule has 2 aromatic rings. The van der Waals surface area contributed by atoms with Gasteiger partial charge in [-0.25, -0.2) is 4.98 Å². The average Bonchev–Trinajstić information content (AvgIpc) is 2.51. The molecule has 110 valence electrons. The predicted molar refractivity (Wildman–Crippen MR) is 88.1 cm³/mol. The molecule has 1 N–H and O–H groups in total. The summed E-state index contributed by atoms with van der Waals surface area (Å²) in [6.45, 7) is 2.10. The summed E-state index contributed by atoms with van der Waals surface area (Å²) >= 11 is 7.41. The number of rotatable bonds is 6. The number of anilines is 1. The van der Waals surface area contributed by atoms with Crippen LogP contribution in [0.1, 0.15) is 25.5 Å². The second kappa shape index (κ2) is 7.95. The molecular formula is C14H16ClN5S. The minimum absolute atomic E-state index is 0.638. The summed E-state index contributed by atoms with van der Waals surface area (Å²) in [5.74, 6) is 0. The zero-order chi connectivity index (χ0) is 15.1. The number of thioether (sulfide) groups is 1. The van der Waals surface area contributed by atoms with E-state index in [1.54, 1.807) is 6.20 Å². The molecule has 0 aliphatic rings. The summed E-state index contributed by atoms with van der Waals surface area (Å²) in [5.41, 5.74) is 5.44. The van der Waals surface area contributed by atoms with Gasteiger partial charge in [0.2, 0.25) is 5.16 Å². The molecule has 5 nitrogen and oxygen atoms in total. The number of halogens is 1. The van der Waals surface area contributed by atoms with Crippen molar-refractivity contribution in [2.45, 2.75) is 24.9 Å². The van der Waals surface area contributed by atoms with E-state index < -0.39 is 0 Å². The number of hydrogen-bond acceptors (Lipinski definition) is 6. The lowest BCUT2D eigenvalue weighted by atomic mass is 10.2. The normalized spacial score (nSPS) is 11.5. The lowest BCUT2D eigenvalue weighted by Crippen LogP contribution is -2.09. The standard InChI is InChI=1S/C14H16ClN5S/c1-3-5-12(13-9-16-20-14(17-13)21-2)19-18-11-7-4-6-10(15)8-11/h4,6-9,18H,3,5H2,1-2H3/b19-12-. The van der Waals surface area contributed by atoms with Crippen LogP contribution in [-0.4, -0.2) is 27.1 Å². The fourth-order valence-corrected chi connectivity index (χ4v) is 2.19. The van der Waals surface area contributed by atoms with E-state index in [9.17, 15) is 0 Å². The van der Waals surface area contributed by atoms with Gasteiger partial charge in [0.15, 0.2) is 0 Å². The third-order valence-corrected chi connectivity index (χ3v) is 3.42. The number of aromatic nitrogens is 3. The summed E-state index contributed by atoms with van der Waals surface area (Å²) in [5, 5.41) is 13.6. The van der Waals surface area contributed by atoms with Crippen LogP contribution in [0.2, 0.25) is 5.02 Å². The van der Waals surface area contributed by atoms with Crippen LogP contribution < -0.4 is 5.43 Å². The highest BCUT2D eigenvalue weighted by atomic mass is 35.5. The molecule has 0 atom stereocenters. The Kier molecular flexibility index (Phi) is 5.95. The van der Waals surface area contributed by atoms with Crippen LogP contribution in [0.4, 0.5) is 5.69 Å². The van der Waals surface area contributed by atoms with Gasteiger partial charge in [-0.3, -0.25) is 5.43 Å². The highest BCUT2D eigenvalue weighted by Crippen LogP contribution is 2.15. The first-order chi connectivity index (χ1) is 10.2. The molecule has 0 unspecified atom stereocenters. The smallest absolute Gasteiger partial charge is 0.209 e. The Morgan fingerprint density at radius 1 is 1.43 bits per heavy atom. The Morgan fingerprint density at radius 2 is 2.29 bits per heavy atom. The molecule has 21 heavy (non-hydrogen) atoms. The molecular weight excluding hydrogens is 306 g/mol. The highest BCUT2D eigenvalue weighted by Gasteiger charge is 2.07. The van der Waals surface area contributed by atoms with Crippen molar-refractivity contribution in [1.82, 2.24) is 15.2 Å². The second-order valence-corrected chi connectivity index (χ2v) is 5.47. The van der Waals surface area contributed by atoms with Crippen molar-refractivity contribution >= 4 is 34.8 Å². The number of benzene rings is 1. The van der Waals surface area contributed by atoms with E-state index in [1.807, 2.05) is 30.5 Å². The first-order valence-electron chi connectivity index (χ1n) is 6.55. The first-order valence-corrected chi connectivity index (χ1v) is 8.15. The van der Waals surface area contributed by atoms with Crippen LogP contribution in [0.25, 0.3) is 0 Å². The van der Waals surface area contributed by atoms with E-state index in [2.05, 4.69) is 32.6 Å². The van der Waals surface area contributed by atoms with Crippen molar-refractivity contribution in [2.75, 3.05) is 11.7 Å². The molecule has 0 fully saturated rings. The topological polar surface area (TPSA) is 63.1 Å². The molecule has 7 heteroatoms. The van der Waals surface area contributed by atoms with Crippen LogP contribution in [0, 0.1) is 0 Å². The fourth-order valence-electron chi connectivity index (χ4n) is 1.68. The summed E-state index contributed by atoms with van der Waals surface area (Å²) in [6, 6.07) is 7.42. The molecule has 0 saturated carbocycles. The van der Waals surface area contributed by atoms with Gasteiger partial charge in [-0.15, -0.1) is 5.10 Å². The van der Waals surface area contributed by atoms with Crippen molar-refractivity contribution in [3.63, 3.8) is 0 Å². The Bertz CT molecular complexity index is 632. The second-order valence-electron chi connectivity index (χ2n) is 4.26. The van der Waals surface area contributed by atoms with Gasteiger partial charge in [0.25, 0.3) is 0 Å². The summed E-state index contributed by atoms with van der Waals surface area (Å²) < 4.78 is 0. The van der Waals surface area contributed by atoms with Crippen molar-refractivity contribution in [3.05, 3.63) is 41.2 Å². The predicted octanol–water partition coefficient (Wildman–Crippen LogP) is 3.86. The number of hydrazone groups is 1. The molecule has 1 heterocycles. The SMILES string of the molecule is CCC/C(=N/Nc1cccc(Cl)c1)c1cnnc(SC)n1. The Morgan fingerprint density at radius 3 is 3.00 bits per heavy atom. The van der Waals surface area contributed by atoms with E-state index in [-0.39, 0.29) is 0 Å². The van der Waals surface area contributed by atoms with E-state index in [0.29, 0.717) is 10.2 Å². The Labute approximate surface area is 133 Å². The van der Waals surface area contributed by atoms with Crippen LogP contribution in [-0.2, 0) is 0 Å². The molecule has 0 bridgehead atoms. The summed E-state index contributed by atoms with van der Waals surface area (Å²) in [4.78, 5) is 4.43. The van der Waals surface area contributed by atoms with Crippen LogP contribution in [0.3, 0.4) is 0 Å². The van der Waals surface area contributed by atoms with Crippen molar-refractivity contribution in [1.29, 1.82) is 0 Å². The lowest BCUT2D eigenvalue weighted by molar-refractivity contribution is 0.828. The number of nitrogens with zero attached hydrogens (tertiary/aromatic N) is 4. The van der Waals surface area contributed by atoms with Crippen LogP contribution >= 0.6 is 23.4 Å². The third kappa shape index (κ3) is 4.68. The number of nitrogens with one attached hydrogen (secondary N) is 1. The maximum Gasteiger partial charge on any atom is 0.209 e. The van der Waals surface area contributed by atoms with E-state index >= 15 is 0 Å². The molecule has 0 amide bonds. The van der Waals surface area contributed by atoms with Gasteiger partial charge in [0.1, 0.15) is 5.69 Å². The molecule has 1 aromatic heterocycles. The van der Waals surface area contributed by atoms with Crippen molar-refractivity contribution in [2.24, 2.45) is 5.10 Å². The molecule has 0 aliphatic carbocycles. The molecule has 0 saturated heterocycles. The quantitative estimate of drug-likeness (QED) is 0.497. The van der Waals surface area contributed by atoms with Crippen LogP contribution in [0.15, 0.2) is 40.7 Å². The zero-order valence-corrected chi connectivity index (χ0v) is 13.4. The van der Waals surface area contributed by atoms with Gasteiger partial charge in [-0.05, 0) is 30.9 Å².